The largest absolute Gasteiger partial charge is 0.367 e. The van der Waals surface area contributed by atoms with E-state index < -0.39 is 0 Å². The molecule has 2 heterocycles. The standard InChI is InChI=1S/C26H27FN6/c27-23-13-7-8-14-24(23)31-17-19-32(20-18-31)25(22-11-5-2-6-12-22)26-28-29-30-33(26)16-15-21-9-3-1-4-10-21/h1-14,25H,15-20H2. The Hall–Kier alpha value is -3.58. The number of nitrogens with zero attached hydrogens (tertiary/aromatic N) is 6. The fourth-order valence-corrected chi connectivity index (χ4v) is 4.53. The number of benzene rings is 3. The van der Waals surface area contributed by atoms with Gasteiger partial charge in [-0.1, -0.05) is 72.8 Å². The summed E-state index contributed by atoms with van der Waals surface area (Å²) in [4.78, 5) is 4.52. The number of halogens is 1. The Balaban J connectivity index is 1.37. The third kappa shape index (κ3) is 4.78. The molecule has 1 aromatic heterocycles. The van der Waals surface area contributed by atoms with E-state index in [4.69, 9.17) is 0 Å². The first-order chi connectivity index (χ1) is 16.3. The predicted molar refractivity (Wildman–Crippen MR) is 126 cm³/mol. The second-order valence-corrected chi connectivity index (χ2v) is 8.28. The smallest absolute Gasteiger partial charge is 0.173 e. The van der Waals surface area contributed by atoms with Crippen LogP contribution in [0.5, 0.6) is 0 Å². The summed E-state index contributed by atoms with van der Waals surface area (Å²) in [6.45, 7) is 3.79. The molecule has 0 amide bonds. The number of aromatic nitrogens is 4. The van der Waals surface area contributed by atoms with Crippen LogP contribution in [0.15, 0.2) is 84.9 Å². The fourth-order valence-electron chi connectivity index (χ4n) is 4.53. The monoisotopic (exact) mass is 442 g/mol. The number of anilines is 1. The number of piperazine rings is 1. The molecule has 5 rings (SSSR count). The first-order valence-corrected chi connectivity index (χ1v) is 11.4. The predicted octanol–water partition coefficient (Wildman–Crippen LogP) is 3.97. The van der Waals surface area contributed by atoms with Gasteiger partial charge in [-0.15, -0.1) is 5.10 Å². The average Bonchev–Trinajstić information content (AvgIpc) is 3.33. The van der Waals surface area contributed by atoms with Crippen molar-refractivity contribution in [2.75, 3.05) is 31.1 Å². The van der Waals surface area contributed by atoms with Gasteiger partial charge < -0.3 is 4.90 Å². The molecule has 6 nitrogen and oxygen atoms in total. The highest BCUT2D eigenvalue weighted by Gasteiger charge is 2.31. The van der Waals surface area contributed by atoms with Gasteiger partial charge in [0.2, 0.25) is 0 Å². The zero-order valence-electron chi connectivity index (χ0n) is 18.5. The van der Waals surface area contributed by atoms with Crippen molar-refractivity contribution in [2.45, 2.75) is 19.0 Å². The fraction of sp³-hybridized carbons (Fsp3) is 0.269. The maximum Gasteiger partial charge on any atom is 0.173 e. The summed E-state index contributed by atoms with van der Waals surface area (Å²) in [5, 5.41) is 12.8. The van der Waals surface area contributed by atoms with Crippen LogP contribution in [-0.2, 0) is 13.0 Å². The van der Waals surface area contributed by atoms with Gasteiger partial charge in [0.05, 0.1) is 11.7 Å². The van der Waals surface area contributed by atoms with Gasteiger partial charge >= 0.3 is 0 Å². The molecule has 1 aliphatic rings. The zero-order valence-corrected chi connectivity index (χ0v) is 18.5. The van der Waals surface area contributed by atoms with Crippen LogP contribution >= 0.6 is 0 Å². The Labute approximate surface area is 193 Å². The third-order valence-corrected chi connectivity index (χ3v) is 6.25. The number of aryl methyl sites for hydroxylation is 2. The molecule has 1 unspecified atom stereocenters. The Morgan fingerprint density at radius 3 is 2.18 bits per heavy atom. The highest BCUT2D eigenvalue weighted by Crippen LogP contribution is 2.29. The van der Waals surface area contributed by atoms with Crippen molar-refractivity contribution >= 4 is 5.69 Å². The van der Waals surface area contributed by atoms with Crippen molar-refractivity contribution < 1.29 is 4.39 Å². The summed E-state index contributed by atoms with van der Waals surface area (Å²) in [6, 6.07) is 27.7. The topological polar surface area (TPSA) is 50.1 Å². The molecule has 1 saturated heterocycles. The first kappa shape index (κ1) is 21.3. The highest BCUT2D eigenvalue weighted by molar-refractivity contribution is 5.48. The third-order valence-electron chi connectivity index (χ3n) is 6.25. The Morgan fingerprint density at radius 1 is 0.788 bits per heavy atom. The molecule has 3 aromatic carbocycles. The van der Waals surface area contributed by atoms with E-state index in [2.05, 4.69) is 73.9 Å². The van der Waals surface area contributed by atoms with Gasteiger partial charge in [0.15, 0.2) is 5.82 Å². The van der Waals surface area contributed by atoms with Crippen molar-refractivity contribution in [2.24, 2.45) is 0 Å². The minimum Gasteiger partial charge on any atom is -0.367 e. The summed E-state index contributed by atoms with van der Waals surface area (Å²) in [5.41, 5.74) is 3.09. The van der Waals surface area contributed by atoms with Gasteiger partial charge in [0.1, 0.15) is 5.82 Å². The molecule has 0 N–H and O–H groups in total. The number of tetrazole rings is 1. The molecule has 4 aromatic rings. The first-order valence-electron chi connectivity index (χ1n) is 11.4. The van der Waals surface area contributed by atoms with Crippen LogP contribution in [0.3, 0.4) is 0 Å². The van der Waals surface area contributed by atoms with Crippen molar-refractivity contribution in [1.82, 2.24) is 25.1 Å². The van der Waals surface area contributed by atoms with E-state index >= 15 is 0 Å². The summed E-state index contributed by atoms with van der Waals surface area (Å²) in [7, 11) is 0. The molecule has 0 spiro atoms. The van der Waals surface area contributed by atoms with Gasteiger partial charge in [-0.3, -0.25) is 4.90 Å². The molecule has 0 aliphatic carbocycles. The number of hydrogen-bond donors (Lipinski definition) is 0. The highest BCUT2D eigenvalue weighted by atomic mass is 19.1. The van der Waals surface area contributed by atoms with Crippen LogP contribution in [0.1, 0.15) is 23.0 Å². The van der Waals surface area contributed by atoms with E-state index in [-0.39, 0.29) is 11.9 Å². The average molecular weight is 443 g/mol. The summed E-state index contributed by atoms with van der Waals surface area (Å²) >= 11 is 0. The lowest BCUT2D eigenvalue weighted by Gasteiger charge is -2.40. The van der Waals surface area contributed by atoms with Crippen LogP contribution in [0.4, 0.5) is 10.1 Å². The maximum atomic E-state index is 14.3. The van der Waals surface area contributed by atoms with E-state index in [1.54, 1.807) is 6.07 Å². The van der Waals surface area contributed by atoms with E-state index in [1.165, 1.54) is 11.6 Å². The molecule has 0 bridgehead atoms. The van der Waals surface area contributed by atoms with E-state index in [0.717, 1.165) is 44.0 Å². The molecule has 0 radical (unpaired) electrons. The van der Waals surface area contributed by atoms with Gasteiger partial charge in [-0.05, 0) is 40.1 Å². The number of para-hydroxylation sites is 1. The van der Waals surface area contributed by atoms with Crippen LogP contribution < -0.4 is 4.90 Å². The second-order valence-electron chi connectivity index (χ2n) is 8.28. The number of hydrogen-bond acceptors (Lipinski definition) is 5. The van der Waals surface area contributed by atoms with E-state index in [1.807, 2.05) is 28.9 Å². The van der Waals surface area contributed by atoms with Crippen molar-refractivity contribution in [3.8, 4) is 0 Å². The van der Waals surface area contributed by atoms with Gasteiger partial charge in [0, 0.05) is 32.7 Å². The van der Waals surface area contributed by atoms with E-state index in [9.17, 15) is 4.39 Å². The van der Waals surface area contributed by atoms with Crippen molar-refractivity contribution in [1.29, 1.82) is 0 Å². The zero-order chi connectivity index (χ0) is 22.5. The van der Waals surface area contributed by atoms with Crippen LogP contribution in [-0.4, -0.2) is 51.3 Å². The molecular formula is C26H27FN6. The minimum atomic E-state index is -0.171. The summed E-state index contributed by atoms with van der Waals surface area (Å²) in [6.07, 6.45) is 0.863. The lowest BCUT2D eigenvalue weighted by molar-refractivity contribution is 0.200. The Bertz CT molecular complexity index is 1160. The minimum absolute atomic E-state index is 0.0558. The number of rotatable bonds is 7. The second kappa shape index (κ2) is 9.92. The quantitative estimate of drug-likeness (QED) is 0.434. The van der Waals surface area contributed by atoms with E-state index in [0.29, 0.717) is 12.2 Å². The molecule has 1 aliphatic heterocycles. The van der Waals surface area contributed by atoms with Crippen molar-refractivity contribution in [3.05, 3.63) is 108 Å². The lowest BCUT2D eigenvalue weighted by Crippen LogP contribution is -2.48. The molecule has 168 valence electrons. The molecule has 0 saturated carbocycles. The van der Waals surface area contributed by atoms with Gasteiger partial charge in [-0.25, -0.2) is 9.07 Å². The summed E-state index contributed by atoms with van der Waals surface area (Å²) in [5.74, 6) is 0.673. The molecule has 7 heteroatoms. The lowest BCUT2D eigenvalue weighted by atomic mass is 10.0. The summed E-state index contributed by atoms with van der Waals surface area (Å²) < 4.78 is 16.2. The molecule has 1 fully saturated rings. The Kier molecular flexibility index (Phi) is 6.39. The van der Waals surface area contributed by atoms with Crippen LogP contribution in [0.2, 0.25) is 0 Å². The normalized spacial score (nSPS) is 15.5. The molecule has 1 atom stereocenters. The SMILES string of the molecule is Fc1ccccc1N1CCN(C(c2ccccc2)c2nnnn2CCc2ccccc2)CC1. The maximum absolute atomic E-state index is 14.3. The van der Waals surface area contributed by atoms with Crippen LogP contribution in [0, 0.1) is 5.82 Å². The van der Waals surface area contributed by atoms with Gasteiger partial charge in [0.25, 0.3) is 0 Å². The van der Waals surface area contributed by atoms with Crippen molar-refractivity contribution in [3.63, 3.8) is 0 Å². The van der Waals surface area contributed by atoms with Gasteiger partial charge in [-0.2, -0.15) is 0 Å². The molecule has 33 heavy (non-hydrogen) atoms. The van der Waals surface area contributed by atoms with Crippen LogP contribution in [0.25, 0.3) is 0 Å². The molecular weight excluding hydrogens is 415 g/mol. The Morgan fingerprint density at radius 2 is 1.45 bits per heavy atom.